The number of rotatable bonds is 3. The number of aliphatic hydroxyl groups excluding tert-OH is 1. The highest BCUT2D eigenvalue weighted by Gasteiger charge is 2.64. The van der Waals surface area contributed by atoms with E-state index in [0.717, 1.165) is 71.4 Å². The Morgan fingerprint density at radius 2 is 1.91 bits per heavy atom. The van der Waals surface area contributed by atoms with Gasteiger partial charge in [0.15, 0.2) is 0 Å². The summed E-state index contributed by atoms with van der Waals surface area (Å²) >= 11 is 0. The molecule has 5 fully saturated rings. The van der Waals surface area contributed by atoms with Crippen LogP contribution in [0.25, 0.3) is 0 Å². The van der Waals surface area contributed by atoms with Gasteiger partial charge in [0.1, 0.15) is 6.10 Å². The molecule has 2 aliphatic heterocycles. The lowest BCUT2D eigenvalue weighted by molar-refractivity contribution is -0.171. The van der Waals surface area contributed by atoms with Crippen LogP contribution in [0.2, 0.25) is 0 Å². The van der Waals surface area contributed by atoms with Gasteiger partial charge in [-0.05, 0) is 86.9 Å². The molecule has 10 atom stereocenters. The minimum Gasteiger partial charge on any atom is -0.461 e. The van der Waals surface area contributed by atoms with Gasteiger partial charge in [-0.15, -0.1) is 0 Å². The van der Waals surface area contributed by atoms with Crippen molar-refractivity contribution in [3.63, 3.8) is 0 Å². The highest BCUT2D eigenvalue weighted by molar-refractivity contribution is 5.89. The number of ether oxygens (including phenoxy) is 2. The number of fused-ring (bicyclic) bond motifs is 5. The van der Waals surface area contributed by atoms with Crippen LogP contribution in [0.15, 0.2) is 4.99 Å². The zero-order valence-electron chi connectivity index (χ0n) is 22.1. The summed E-state index contributed by atoms with van der Waals surface area (Å²) in [6, 6.07) is 0.269. The highest BCUT2D eigenvalue weighted by Crippen LogP contribution is 2.67. The van der Waals surface area contributed by atoms with Crippen molar-refractivity contribution in [2.24, 2.45) is 45.4 Å². The quantitative estimate of drug-likeness (QED) is 0.609. The van der Waals surface area contributed by atoms with Crippen molar-refractivity contribution in [1.82, 2.24) is 4.90 Å². The third-order valence-electron chi connectivity index (χ3n) is 11.8. The van der Waals surface area contributed by atoms with Crippen molar-refractivity contribution in [1.29, 1.82) is 0 Å². The number of aliphatic hydroxyl groups is 1. The summed E-state index contributed by atoms with van der Waals surface area (Å²) in [6.45, 7) is 11.0. The van der Waals surface area contributed by atoms with E-state index in [1.807, 2.05) is 0 Å². The van der Waals surface area contributed by atoms with Crippen molar-refractivity contribution in [2.75, 3.05) is 32.8 Å². The number of esters is 1. The van der Waals surface area contributed by atoms with Gasteiger partial charge in [0.05, 0.1) is 19.3 Å². The third-order valence-corrected chi connectivity index (χ3v) is 11.8. The smallest absolute Gasteiger partial charge is 0.302 e. The fourth-order valence-electron chi connectivity index (χ4n) is 10.1. The van der Waals surface area contributed by atoms with Gasteiger partial charge >= 0.3 is 5.97 Å². The minimum atomic E-state index is -0.207. The molecule has 0 unspecified atom stereocenters. The van der Waals surface area contributed by atoms with E-state index in [2.05, 4.69) is 18.7 Å². The maximum Gasteiger partial charge on any atom is 0.302 e. The number of hydrogen-bond donors (Lipinski definition) is 1. The lowest BCUT2D eigenvalue weighted by Crippen LogP contribution is -2.61. The molecule has 0 radical (unpaired) electrons. The SMILES string of the molecule is CC(=O)O[C@H]1[C@@H](C2=NCCC2)C[C@H]2[C@@H]3CC[C@H]4C[C@H](O)[C@@H](N5CCOCC5)C[C@]4(C)[C@H]3CC[C@@]21C. The van der Waals surface area contributed by atoms with E-state index in [0.29, 0.717) is 29.6 Å². The molecule has 0 aromatic rings. The molecule has 35 heavy (non-hydrogen) atoms. The van der Waals surface area contributed by atoms with Gasteiger partial charge in [-0.25, -0.2) is 0 Å². The fourth-order valence-corrected chi connectivity index (χ4v) is 10.1. The molecule has 6 aliphatic rings. The second kappa shape index (κ2) is 9.09. The first-order valence-electron chi connectivity index (χ1n) is 14.5. The summed E-state index contributed by atoms with van der Waals surface area (Å²) in [5, 5.41) is 11.2. The van der Waals surface area contributed by atoms with Crippen molar-refractivity contribution in [2.45, 2.75) is 96.8 Å². The van der Waals surface area contributed by atoms with Crippen LogP contribution in [-0.2, 0) is 14.3 Å². The first-order valence-corrected chi connectivity index (χ1v) is 14.5. The van der Waals surface area contributed by atoms with Gasteiger partial charge in [0, 0.05) is 49.6 Å². The van der Waals surface area contributed by atoms with Gasteiger partial charge in [-0.2, -0.15) is 0 Å². The van der Waals surface area contributed by atoms with Gasteiger partial charge < -0.3 is 14.6 Å². The molecule has 0 spiro atoms. The maximum atomic E-state index is 12.2. The second-order valence-electron chi connectivity index (χ2n) is 13.3. The van der Waals surface area contributed by atoms with Crippen LogP contribution in [0.5, 0.6) is 0 Å². The molecule has 0 bridgehead atoms. The van der Waals surface area contributed by atoms with Crippen LogP contribution in [0, 0.1) is 40.4 Å². The summed E-state index contributed by atoms with van der Waals surface area (Å²) in [4.78, 5) is 19.6. The van der Waals surface area contributed by atoms with Crippen molar-refractivity contribution < 1.29 is 19.4 Å². The van der Waals surface area contributed by atoms with E-state index in [-0.39, 0.29) is 35.0 Å². The van der Waals surface area contributed by atoms with Crippen molar-refractivity contribution >= 4 is 11.7 Å². The molecule has 0 aromatic carbocycles. The maximum absolute atomic E-state index is 12.2. The van der Waals surface area contributed by atoms with Gasteiger partial charge in [0.25, 0.3) is 0 Å². The number of carbonyl (C=O) groups excluding carboxylic acids is 1. The normalized spacial score (nSPS) is 50.1. The number of morpholine rings is 1. The van der Waals surface area contributed by atoms with E-state index in [1.54, 1.807) is 6.92 Å². The molecule has 1 saturated heterocycles. The van der Waals surface area contributed by atoms with Gasteiger partial charge in [-0.3, -0.25) is 14.7 Å². The average Bonchev–Trinajstić information content (AvgIpc) is 3.46. The van der Waals surface area contributed by atoms with E-state index in [1.165, 1.54) is 25.0 Å². The second-order valence-corrected chi connectivity index (χ2v) is 13.3. The number of nitrogens with zero attached hydrogens (tertiary/aromatic N) is 2. The Kier molecular flexibility index (Phi) is 6.33. The molecule has 4 aliphatic carbocycles. The zero-order chi connectivity index (χ0) is 24.4. The van der Waals surface area contributed by atoms with Crippen LogP contribution in [-0.4, -0.2) is 72.8 Å². The summed E-state index contributed by atoms with van der Waals surface area (Å²) in [5.74, 6) is 2.81. The number of hydrogen-bond acceptors (Lipinski definition) is 6. The monoisotopic (exact) mass is 486 g/mol. The lowest BCUT2D eigenvalue weighted by atomic mass is 9.44. The number of carbonyl (C=O) groups is 1. The predicted molar refractivity (Wildman–Crippen MR) is 135 cm³/mol. The first kappa shape index (κ1) is 24.4. The predicted octanol–water partition coefficient (Wildman–Crippen LogP) is 4.09. The van der Waals surface area contributed by atoms with Gasteiger partial charge in [0.2, 0.25) is 0 Å². The molecule has 6 heteroatoms. The molecule has 196 valence electrons. The molecule has 2 heterocycles. The highest BCUT2D eigenvalue weighted by atomic mass is 16.5. The molecule has 6 rings (SSSR count). The molecule has 4 saturated carbocycles. The van der Waals surface area contributed by atoms with E-state index in [9.17, 15) is 9.90 Å². The molecule has 1 N–H and O–H groups in total. The Morgan fingerprint density at radius 1 is 1.11 bits per heavy atom. The van der Waals surface area contributed by atoms with Crippen LogP contribution in [0.3, 0.4) is 0 Å². The Bertz CT molecular complexity index is 856. The van der Waals surface area contributed by atoms with E-state index < -0.39 is 0 Å². The molecule has 6 nitrogen and oxygen atoms in total. The average molecular weight is 487 g/mol. The summed E-state index contributed by atoms with van der Waals surface area (Å²) in [6.07, 6.45) is 10.1. The largest absolute Gasteiger partial charge is 0.461 e. The summed E-state index contributed by atoms with van der Waals surface area (Å²) in [5.41, 5.74) is 1.67. The Morgan fingerprint density at radius 3 is 2.63 bits per heavy atom. The Hall–Kier alpha value is -0.980. The van der Waals surface area contributed by atoms with E-state index >= 15 is 0 Å². The topological polar surface area (TPSA) is 71.4 Å². The third kappa shape index (κ3) is 3.92. The number of aliphatic imine (C=N–C) groups is 1. The Balaban J connectivity index is 1.28. The summed E-state index contributed by atoms with van der Waals surface area (Å²) < 4.78 is 11.8. The molecular weight excluding hydrogens is 440 g/mol. The molecular formula is C29H46N2O4. The van der Waals surface area contributed by atoms with Crippen molar-refractivity contribution in [3.05, 3.63) is 0 Å². The van der Waals surface area contributed by atoms with E-state index in [4.69, 9.17) is 14.5 Å². The van der Waals surface area contributed by atoms with Crippen LogP contribution >= 0.6 is 0 Å². The molecule has 0 amide bonds. The Labute approximate surface area is 211 Å². The fraction of sp³-hybridized carbons (Fsp3) is 0.931. The van der Waals surface area contributed by atoms with Crippen LogP contribution in [0.1, 0.15) is 78.6 Å². The van der Waals surface area contributed by atoms with Crippen LogP contribution < -0.4 is 0 Å². The minimum absolute atomic E-state index is 0.0115. The lowest BCUT2D eigenvalue weighted by Gasteiger charge is -2.62. The molecule has 0 aromatic heterocycles. The van der Waals surface area contributed by atoms with Crippen LogP contribution in [0.4, 0.5) is 0 Å². The first-order chi connectivity index (χ1) is 16.8. The van der Waals surface area contributed by atoms with Crippen molar-refractivity contribution in [3.8, 4) is 0 Å². The standard InChI is InChI=1S/C29H46N2O4/c1-18(32)35-27-21(24-5-4-10-30-24)16-23-20-7-6-19-15-26(33)25(31-11-13-34-14-12-31)17-29(19,3)22(20)8-9-28(23,27)2/h19-23,25-27,33H,4-17H2,1-3H3/t19-,20+,21+,22-,23-,25-,26-,27-,28-,29-/m0/s1. The summed E-state index contributed by atoms with van der Waals surface area (Å²) in [7, 11) is 0. The van der Waals surface area contributed by atoms with Gasteiger partial charge in [-0.1, -0.05) is 13.8 Å². The zero-order valence-corrected chi connectivity index (χ0v) is 22.1.